The maximum Gasteiger partial charge on any atom is 0.326 e. The SMILES string of the molecule is COc1ccc(CN2CCC3(CC2)CC(C(=O)O)N(C(=O)C2CC2)C3)cc1. The monoisotopic (exact) mass is 372 g/mol. The Kier molecular flexibility index (Phi) is 4.84. The highest BCUT2D eigenvalue weighted by molar-refractivity contribution is 5.87. The number of rotatable bonds is 5. The fraction of sp³-hybridized carbons (Fsp3) is 0.619. The van der Waals surface area contributed by atoms with Crippen molar-refractivity contribution in [2.75, 3.05) is 26.7 Å². The maximum atomic E-state index is 12.5. The molecule has 4 rings (SSSR count). The van der Waals surface area contributed by atoms with Crippen LogP contribution in [-0.4, -0.2) is 59.6 Å². The Morgan fingerprint density at radius 1 is 1.19 bits per heavy atom. The van der Waals surface area contributed by atoms with Crippen LogP contribution in [-0.2, 0) is 16.1 Å². The van der Waals surface area contributed by atoms with Crippen molar-refractivity contribution in [2.45, 2.75) is 44.7 Å². The van der Waals surface area contributed by atoms with Crippen LogP contribution in [0.4, 0.5) is 0 Å². The topological polar surface area (TPSA) is 70.1 Å². The molecule has 0 radical (unpaired) electrons. The number of amides is 1. The van der Waals surface area contributed by atoms with E-state index in [-0.39, 0.29) is 17.2 Å². The number of aliphatic carboxylic acids is 1. The van der Waals surface area contributed by atoms with Crippen molar-refractivity contribution in [1.82, 2.24) is 9.80 Å². The molecule has 6 heteroatoms. The van der Waals surface area contributed by atoms with Gasteiger partial charge in [0.25, 0.3) is 0 Å². The Labute approximate surface area is 160 Å². The number of nitrogens with zero attached hydrogens (tertiary/aromatic N) is 2. The number of piperidine rings is 1. The molecule has 1 unspecified atom stereocenters. The molecule has 1 amide bonds. The van der Waals surface area contributed by atoms with Gasteiger partial charge >= 0.3 is 5.97 Å². The summed E-state index contributed by atoms with van der Waals surface area (Å²) in [6.45, 7) is 3.41. The summed E-state index contributed by atoms with van der Waals surface area (Å²) in [5.74, 6) is 0.168. The molecule has 3 aliphatic rings. The molecule has 2 heterocycles. The lowest BCUT2D eigenvalue weighted by Crippen LogP contribution is -2.43. The van der Waals surface area contributed by atoms with E-state index in [9.17, 15) is 14.7 Å². The van der Waals surface area contributed by atoms with Crippen LogP contribution in [0.1, 0.15) is 37.7 Å². The molecule has 1 aromatic rings. The van der Waals surface area contributed by atoms with Crippen molar-refractivity contribution >= 4 is 11.9 Å². The predicted octanol–water partition coefficient (Wildman–Crippen LogP) is 2.37. The van der Waals surface area contributed by atoms with Crippen LogP contribution in [0.5, 0.6) is 5.75 Å². The first-order valence-electron chi connectivity index (χ1n) is 9.88. The van der Waals surface area contributed by atoms with Crippen LogP contribution in [0.15, 0.2) is 24.3 Å². The van der Waals surface area contributed by atoms with Gasteiger partial charge < -0.3 is 14.7 Å². The van der Waals surface area contributed by atoms with Gasteiger partial charge in [-0.1, -0.05) is 12.1 Å². The van der Waals surface area contributed by atoms with E-state index in [1.54, 1.807) is 12.0 Å². The number of carbonyl (C=O) groups excluding carboxylic acids is 1. The normalized spacial score (nSPS) is 24.9. The zero-order valence-electron chi connectivity index (χ0n) is 15.9. The smallest absolute Gasteiger partial charge is 0.326 e. The highest BCUT2D eigenvalue weighted by atomic mass is 16.5. The Hall–Kier alpha value is -2.08. The summed E-state index contributed by atoms with van der Waals surface area (Å²) in [6, 6.07) is 7.52. The van der Waals surface area contributed by atoms with Crippen molar-refractivity contribution in [2.24, 2.45) is 11.3 Å². The first-order chi connectivity index (χ1) is 13.0. The molecule has 6 nitrogen and oxygen atoms in total. The fourth-order valence-electron chi connectivity index (χ4n) is 4.61. The molecule has 1 aromatic carbocycles. The molecule has 2 aliphatic heterocycles. The molecule has 1 saturated carbocycles. The van der Waals surface area contributed by atoms with Crippen molar-refractivity contribution in [1.29, 1.82) is 0 Å². The molecule has 0 bridgehead atoms. The molecule has 146 valence electrons. The number of ether oxygens (including phenoxy) is 1. The number of benzene rings is 1. The zero-order valence-corrected chi connectivity index (χ0v) is 15.9. The molecule has 1 atom stereocenters. The number of hydrogen-bond donors (Lipinski definition) is 1. The lowest BCUT2D eigenvalue weighted by molar-refractivity contribution is -0.148. The first kappa shape index (κ1) is 18.3. The molecule has 27 heavy (non-hydrogen) atoms. The van der Waals surface area contributed by atoms with E-state index in [1.807, 2.05) is 12.1 Å². The second kappa shape index (κ2) is 7.15. The Morgan fingerprint density at radius 3 is 2.41 bits per heavy atom. The van der Waals surface area contributed by atoms with Crippen LogP contribution < -0.4 is 4.74 Å². The van der Waals surface area contributed by atoms with Gasteiger partial charge in [0, 0.05) is 19.0 Å². The quantitative estimate of drug-likeness (QED) is 0.859. The van der Waals surface area contributed by atoms with Crippen LogP contribution in [0, 0.1) is 11.3 Å². The van der Waals surface area contributed by atoms with Crippen LogP contribution in [0.2, 0.25) is 0 Å². The third-order valence-corrected chi connectivity index (χ3v) is 6.49. The van der Waals surface area contributed by atoms with Gasteiger partial charge in [0.05, 0.1) is 7.11 Å². The lowest BCUT2D eigenvalue weighted by atomic mass is 9.76. The molecular weight excluding hydrogens is 344 g/mol. The molecule has 1 spiro atoms. The third kappa shape index (κ3) is 3.81. The molecule has 1 aliphatic carbocycles. The van der Waals surface area contributed by atoms with Gasteiger partial charge in [-0.05, 0) is 68.3 Å². The van der Waals surface area contributed by atoms with E-state index in [4.69, 9.17) is 4.74 Å². The average molecular weight is 372 g/mol. The first-order valence-corrected chi connectivity index (χ1v) is 9.88. The number of carboxylic acids is 1. The molecular formula is C21H28N2O4. The van der Waals surface area contributed by atoms with Crippen molar-refractivity contribution in [3.63, 3.8) is 0 Å². The van der Waals surface area contributed by atoms with E-state index < -0.39 is 12.0 Å². The second-order valence-corrected chi connectivity index (χ2v) is 8.42. The summed E-state index contributed by atoms with van der Waals surface area (Å²) in [7, 11) is 1.67. The standard InChI is InChI=1S/C21H28N2O4/c1-27-17-6-2-15(3-7-17)13-22-10-8-21(9-11-22)12-18(20(25)26)23(14-21)19(24)16-4-5-16/h2-3,6-7,16,18H,4-5,8-14H2,1H3,(H,25,26). The summed E-state index contributed by atoms with van der Waals surface area (Å²) >= 11 is 0. The highest BCUT2D eigenvalue weighted by Crippen LogP contribution is 2.45. The number of carbonyl (C=O) groups is 2. The van der Waals surface area contributed by atoms with Gasteiger partial charge in [-0.3, -0.25) is 9.69 Å². The number of methoxy groups -OCH3 is 1. The highest BCUT2D eigenvalue weighted by Gasteiger charge is 2.51. The van der Waals surface area contributed by atoms with E-state index in [2.05, 4.69) is 17.0 Å². The Bertz CT molecular complexity index is 705. The van der Waals surface area contributed by atoms with Crippen molar-refractivity contribution < 1.29 is 19.4 Å². The largest absolute Gasteiger partial charge is 0.497 e. The average Bonchev–Trinajstić information content (AvgIpc) is 3.46. The minimum atomic E-state index is -0.846. The fourth-order valence-corrected chi connectivity index (χ4v) is 4.61. The molecule has 3 fully saturated rings. The van der Waals surface area contributed by atoms with Gasteiger partial charge in [-0.25, -0.2) is 4.79 Å². The van der Waals surface area contributed by atoms with E-state index in [0.717, 1.165) is 51.1 Å². The van der Waals surface area contributed by atoms with E-state index in [1.165, 1.54) is 5.56 Å². The summed E-state index contributed by atoms with van der Waals surface area (Å²) in [5, 5.41) is 9.62. The Balaban J connectivity index is 1.37. The van der Waals surface area contributed by atoms with Gasteiger partial charge in [-0.15, -0.1) is 0 Å². The number of carboxylic acid groups (broad SMARTS) is 1. The van der Waals surface area contributed by atoms with E-state index in [0.29, 0.717) is 13.0 Å². The number of likely N-dealkylation sites (tertiary alicyclic amines) is 2. The summed E-state index contributed by atoms with van der Waals surface area (Å²) in [4.78, 5) is 28.4. The number of hydrogen-bond acceptors (Lipinski definition) is 4. The van der Waals surface area contributed by atoms with Crippen LogP contribution in [0.3, 0.4) is 0 Å². The zero-order chi connectivity index (χ0) is 19.0. The minimum absolute atomic E-state index is 0.0238. The summed E-state index contributed by atoms with van der Waals surface area (Å²) < 4.78 is 5.21. The third-order valence-electron chi connectivity index (χ3n) is 6.49. The lowest BCUT2D eigenvalue weighted by Gasteiger charge is -2.39. The van der Waals surface area contributed by atoms with Gasteiger partial charge in [-0.2, -0.15) is 0 Å². The van der Waals surface area contributed by atoms with Gasteiger partial charge in [0.2, 0.25) is 5.91 Å². The van der Waals surface area contributed by atoms with Crippen LogP contribution >= 0.6 is 0 Å². The minimum Gasteiger partial charge on any atom is -0.497 e. The summed E-state index contributed by atoms with van der Waals surface area (Å²) in [6.07, 6.45) is 4.37. The van der Waals surface area contributed by atoms with Gasteiger partial charge in [0.1, 0.15) is 11.8 Å². The van der Waals surface area contributed by atoms with E-state index >= 15 is 0 Å². The maximum absolute atomic E-state index is 12.5. The van der Waals surface area contributed by atoms with Crippen molar-refractivity contribution in [3.05, 3.63) is 29.8 Å². The molecule has 1 N–H and O–H groups in total. The van der Waals surface area contributed by atoms with Crippen LogP contribution in [0.25, 0.3) is 0 Å². The second-order valence-electron chi connectivity index (χ2n) is 8.42. The van der Waals surface area contributed by atoms with Crippen molar-refractivity contribution in [3.8, 4) is 5.75 Å². The molecule has 0 aromatic heterocycles. The Morgan fingerprint density at radius 2 is 1.85 bits per heavy atom. The predicted molar refractivity (Wildman–Crippen MR) is 100 cm³/mol. The summed E-state index contributed by atoms with van der Waals surface area (Å²) in [5.41, 5.74) is 1.23. The van der Waals surface area contributed by atoms with Gasteiger partial charge in [0.15, 0.2) is 0 Å². The molecule has 2 saturated heterocycles.